The Balaban J connectivity index is 1.56. The third kappa shape index (κ3) is 3.82. The zero-order chi connectivity index (χ0) is 17.7. The molecule has 0 aromatic heterocycles. The lowest BCUT2D eigenvalue weighted by Crippen LogP contribution is -2.67. The molecule has 4 fully saturated rings. The monoisotopic (exact) mass is 338 g/mol. The molecule has 5 atom stereocenters. The van der Waals surface area contributed by atoms with Crippen LogP contribution in [0.3, 0.4) is 0 Å². The first-order valence-electron chi connectivity index (χ1n) is 10.2. The van der Waals surface area contributed by atoms with E-state index in [9.17, 15) is 4.39 Å². The van der Waals surface area contributed by atoms with Gasteiger partial charge in [-0.3, -0.25) is 9.80 Å². The average Bonchev–Trinajstić information content (AvgIpc) is 2.45. The van der Waals surface area contributed by atoms with Gasteiger partial charge in [-0.2, -0.15) is 0 Å². The van der Waals surface area contributed by atoms with E-state index in [0.717, 1.165) is 19.4 Å². The summed E-state index contributed by atoms with van der Waals surface area (Å²) < 4.78 is 14.7. The number of hydrogen-bond acceptors (Lipinski definition) is 2. The van der Waals surface area contributed by atoms with E-state index in [-0.39, 0.29) is 16.9 Å². The second kappa shape index (κ2) is 6.54. The van der Waals surface area contributed by atoms with Gasteiger partial charge in [0.2, 0.25) is 0 Å². The van der Waals surface area contributed by atoms with Crippen LogP contribution in [-0.4, -0.2) is 53.2 Å². The molecule has 3 heterocycles. The lowest BCUT2D eigenvalue weighted by molar-refractivity contribution is -0.0731. The number of alkyl halides is 1. The van der Waals surface area contributed by atoms with Gasteiger partial charge in [-0.25, -0.2) is 4.39 Å². The van der Waals surface area contributed by atoms with E-state index >= 15 is 0 Å². The molecule has 5 unspecified atom stereocenters. The van der Waals surface area contributed by atoms with Gasteiger partial charge in [-0.1, -0.05) is 20.8 Å². The van der Waals surface area contributed by atoms with E-state index in [1.54, 1.807) is 0 Å². The summed E-state index contributed by atoms with van der Waals surface area (Å²) in [5, 5.41) is 0. The minimum atomic E-state index is -0.600. The molecule has 2 bridgehead atoms. The maximum Gasteiger partial charge on any atom is 0.104 e. The van der Waals surface area contributed by atoms with Crippen molar-refractivity contribution in [2.75, 3.05) is 19.6 Å². The summed E-state index contributed by atoms with van der Waals surface area (Å²) in [5.41, 5.74) is 0.395. The van der Waals surface area contributed by atoms with Crippen molar-refractivity contribution in [3.63, 3.8) is 0 Å². The molecule has 4 aliphatic rings. The summed E-state index contributed by atoms with van der Waals surface area (Å²) in [7, 11) is 0. The van der Waals surface area contributed by atoms with E-state index in [0.29, 0.717) is 18.0 Å². The van der Waals surface area contributed by atoms with E-state index in [2.05, 4.69) is 51.3 Å². The molecule has 1 saturated carbocycles. The fourth-order valence-corrected chi connectivity index (χ4v) is 5.63. The molecule has 3 saturated heterocycles. The van der Waals surface area contributed by atoms with E-state index in [1.807, 2.05) is 0 Å². The van der Waals surface area contributed by atoms with Gasteiger partial charge < -0.3 is 0 Å². The number of piperidine rings is 2. The van der Waals surface area contributed by atoms with Crippen molar-refractivity contribution >= 4 is 0 Å². The summed E-state index contributed by atoms with van der Waals surface area (Å²) in [6.07, 6.45) is 5.18. The number of piperazine rings is 1. The fraction of sp³-hybridized carbons (Fsp3) is 1.00. The lowest BCUT2D eigenvalue weighted by atomic mass is 9.68. The first-order chi connectivity index (χ1) is 11.1. The smallest absolute Gasteiger partial charge is 0.104 e. The first kappa shape index (κ1) is 18.6. The van der Waals surface area contributed by atoms with Crippen LogP contribution in [0.4, 0.5) is 4.39 Å². The Morgan fingerprint density at radius 2 is 1.54 bits per heavy atom. The van der Waals surface area contributed by atoms with Crippen molar-refractivity contribution in [3.05, 3.63) is 0 Å². The number of rotatable bonds is 2. The molecule has 3 heteroatoms. The molecule has 4 rings (SSSR count). The molecule has 0 amide bonds. The molecule has 0 aromatic carbocycles. The van der Waals surface area contributed by atoms with Gasteiger partial charge in [-0.05, 0) is 70.1 Å². The standard InChI is InChI=1S/C21H39FN2/c1-20(2,3)18-10-7-15(11-19(18)22)12-23-13-17-9-8-16(23)14-24(17)21(4,5)6/h15-19H,7-14H2,1-6H3. The van der Waals surface area contributed by atoms with Crippen LogP contribution in [0.5, 0.6) is 0 Å². The van der Waals surface area contributed by atoms with Gasteiger partial charge >= 0.3 is 0 Å². The maximum atomic E-state index is 14.7. The molecule has 3 aliphatic heterocycles. The van der Waals surface area contributed by atoms with Gasteiger partial charge in [0.1, 0.15) is 6.17 Å². The lowest BCUT2D eigenvalue weighted by Gasteiger charge is -2.56. The van der Waals surface area contributed by atoms with E-state index < -0.39 is 6.17 Å². The quantitative estimate of drug-likeness (QED) is 0.718. The van der Waals surface area contributed by atoms with Crippen LogP contribution in [0, 0.1) is 17.3 Å². The van der Waals surface area contributed by atoms with Crippen molar-refractivity contribution < 1.29 is 4.39 Å². The SMILES string of the molecule is CC(C)(C)C1CCC(CN2CC3CCC2CN3C(C)(C)C)CC1F. The van der Waals surface area contributed by atoms with Crippen LogP contribution in [0.25, 0.3) is 0 Å². The Morgan fingerprint density at radius 1 is 0.875 bits per heavy atom. The molecule has 2 nitrogen and oxygen atoms in total. The predicted octanol–water partition coefficient (Wildman–Crippen LogP) is 4.73. The molecule has 0 aromatic rings. The summed E-state index contributed by atoms with van der Waals surface area (Å²) in [6, 6.07) is 1.41. The Hall–Kier alpha value is -0.150. The minimum absolute atomic E-state index is 0.113. The van der Waals surface area contributed by atoms with Crippen LogP contribution in [0.15, 0.2) is 0 Å². The van der Waals surface area contributed by atoms with Crippen molar-refractivity contribution in [1.82, 2.24) is 9.80 Å². The van der Waals surface area contributed by atoms with E-state index in [1.165, 1.54) is 32.4 Å². The predicted molar refractivity (Wildman–Crippen MR) is 100 cm³/mol. The average molecular weight is 339 g/mol. The van der Waals surface area contributed by atoms with Gasteiger partial charge in [0.05, 0.1) is 0 Å². The van der Waals surface area contributed by atoms with Crippen LogP contribution in [0.2, 0.25) is 0 Å². The molecular weight excluding hydrogens is 299 g/mol. The highest BCUT2D eigenvalue weighted by atomic mass is 19.1. The normalized spacial score (nSPS) is 39.4. The third-order valence-corrected chi connectivity index (χ3v) is 6.99. The van der Waals surface area contributed by atoms with Crippen LogP contribution >= 0.6 is 0 Å². The van der Waals surface area contributed by atoms with E-state index in [4.69, 9.17) is 0 Å². The zero-order valence-electron chi connectivity index (χ0n) is 16.8. The topological polar surface area (TPSA) is 6.48 Å². The molecule has 24 heavy (non-hydrogen) atoms. The summed E-state index contributed by atoms with van der Waals surface area (Å²) >= 11 is 0. The molecule has 1 aliphatic carbocycles. The molecular formula is C21H39FN2. The number of nitrogens with zero attached hydrogens (tertiary/aromatic N) is 2. The van der Waals surface area contributed by atoms with Crippen LogP contribution < -0.4 is 0 Å². The number of hydrogen-bond donors (Lipinski definition) is 0. The molecule has 140 valence electrons. The summed E-state index contributed by atoms with van der Waals surface area (Å²) in [4.78, 5) is 5.43. The number of fused-ring (bicyclic) bond motifs is 3. The Morgan fingerprint density at radius 3 is 2.04 bits per heavy atom. The van der Waals surface area contributed by atoms with Crippen molar-refractivity contribution in [3.8, 4) is 0 Å². The van der Waals surface area contributed by atoms with Gasteiger partial charge in [-0.15, -0.1) is 0 Å². The highest BCUT2D eigenvalue weighted by Crippen LogP contribution is 2.42. The second-order valence-corrected chi connectivity index (χ2v) is 10.8. The van der Waals surface area contributed by atoms with Gasteiger partial charge in [0, 0.05) is 37.3 Å². The van der Waals surface area contributed by atoms with Crippen molar-refractivity contribution in [2.45, 2.75) is 97.4 Å². The van der Waals surface area contributed by atoms with Gasteiger partial charge in [0.15, 0.2) is 0 Å². The summed E-state index contributed by atoms with van der Waals surface area (Å²) in [6.45, 7) is 17.2. The van der Waals surface area contributed by atoms with Gasteiger partial charge in [0.25, 0.3) is 0 Å². The Bertz CT molecular complexity index is 436. The fourth-order valence-electron chi connectivity index (χ4n) is 5.63. The Labute approximate surface area is 149 Å². The highest BCUT2D eigenvalue weighted by Gasteiger charge is 2.44. The van der Waals surface area contributed by atoms with Crippen molar-refractivity contribution in [2.24, 2.45) is 17.3 Å². The minimum Gasteiger partial charge on any atom is -0.297 e. The molecule has 0 spiro atoms. The molecule has 0 radical (unpaired) electrons. The van der Waals surface area contributed by atoms with Crippen LogP contribution in [0.1, 0.15) is 73.6 Å². The third-order valence-electron chi connectivity index (χ3n) is 6.99. The maximum absolute atomic E-state index is 14.7. The largest absolute Gasteiger partial charge is 0.297 e. The van der Waals surface area contributed by atoms with Crippen LogP contribution in [-0.2, 0) is 0 Å². The summed E-state index contributed by atoms with van der Waals surface area (Å²) in [5.74, 6) is 0.823. The Kier molecular flexibility index (Phi) is 5.08. The number of halogens is 1. The second-order valence-electron chi connectivity index (χ2n) is 10.8. The zero-order valence-corrected chi connectivity index (χ0v) is 16.8. The first-order valence-corrected chi connectivity index (χ1v) is 10.2. The molecule has 0 N–H and O–H groups in total. The highest BCUT2D eigenvalue weighted by molar-refractivity contribution is 5.00. The van der Waals surface area contributed by atoms with Crippen molar-refractivity contribution in [1.29, 1.82) is 0 Å².